The van der Waals surface area contributed by atoms with Crippen LogP contribution >= 0.6 is 0 Å². The Morgan fingerprint density at radius 3 is 2.06 bits per heavy atom. The number of nitrogens with one attached hydrogen (secondary N) is 7. The number of nitrogens with two attached hydrogens (primary N) is 2. The first kappa shape index (κ1) is 50.2. The van der Waals surface area contributed by atoms with Gasteiger partial charge >= 0.3 is 11.9 Å². The van der Waals surface area contributed by atoms with E-state index in [1.165, 1.54) is 48.6 Å². The van der Waals surface area contributed by atoms with E-state index in [0.29, 0.717) is 24.1 Å². The molecule has 8 amide bonds. The molecule has 8 atom stereocenters. The van der Waals surface area contributed by atoms with Crippen LogP contribution in [0.15, 0.2) is 36.8 Å². The molecule has 1 aliphatic rings. The van der Waals surface area contributed by atoms with Crippen molar-refractivity contribution in [1.82, 2.24) is 46.8 Å². The molecule has 1 aromatic carbocycles. The number of carbonyl (C=O) groups is 10. The molecule has 344 valence electrons. The van der Waals surface area contributed by atoms with Crippen molar-refractivity contribution >= 4 is 59.2 Å². The van der Waals surface area contributed by atoms with Gasteiger partial charge in [0.15, 0.2) is 0 Å². The number of aromatic amines is 1. The molecule has 24 nitrogen and oxygen atoms in total. The van der Waals surface area contributed by atoms with Gasteiger partial charge in [0.2, 0.25) is 47.3 Å². The zero-order valence-corrected chi connectivity index (χ0v) is 34.9. The summed E-state index contributed by atoms with van der Waals surface area (Å²) in [5.41, 5.74) is 12.2. The van der Waals surface area contributed by atoms with Gasteiger partial charge in [-0.1, -0.05) is 32.4 Å². The third-order valence-corrected chi connectivity index (χ3v) is 10.2. The van der Waals surface area contributed by atoms with Crippen molar-refractivity contribution in [2.75, 3.05) is 13.1 Å². The molecule has 1 aromatic heterocycles. The largest absolute Gasteiger partial charge is 0.508 e. The Morgan fingerprint density at radius 2 is 1.48 bits per heavy atom. The number of hydrogen-bond donors (Lipinski definition) is 12. The predicted molar refractivity (Wildman–Crippen MR) is 218 cm³/mol. The number of amides is 8. The zero-order valence-electron chi connectivity index (χ0n) is 34.9. The number of hydrogen-bond acceptors (Lipinski definition) is 13. The fraction of sp³-hybridized carbons (Fsp3) is 0.513. The average molecular weight is 886 g/mol. The van der Waals surface area contributed by atoms with Gasteiger partial charge in [-0.25, -0.2) is 9.78 Å². The van der Waals surface area contributed by atoms with Crippen LogP contribution in [0.5, 0.6) is 5.75 Å². The molecule has 14 N–H and O–H groups in total. The number of phenolic OH excluding ortho intramolecular Hbond substituents is 1. The molecule has 2 aromatic rings. The lowest BCUT2D eigenvalue weighted by Crippen LogP contribution is -2.59. The van der Waals surface area contributed by atoms with Gasteiger partial charge in [0.1, 0.15) is 42.0 Å². The van der Waals surface area contributed by atoms with Crippen LogP contribution in [-0.4, -0.2) is 145 Å². The van der Waals surface area contributed by atoms with E-state index in [1.54, 1.807) is 13.8 Å². The fourth-order valence-electron chi connectivity index (χ4n) is 6.54. The van der Waals surface area contributed by atoms with E-state index in [9.17, 15) is 63.3 Å². The van der Waals surface area contributed by atoms with Crippen molar-refractivity contribution in [3.05, 3.63) is 48.0 Å². The van der Waals surface area contributed by atoms with Crippen LogP contribution in [-0.2, 0) is 60.8 Å². The summed E-state index contributed by atoms with van der Waals surface area (Å²) in [7, 11) is 0. The standard InChI is InChI=1S/C39H55N11O13/c1-4-19(2)32(37(60)43-17-30(53)46-25(14-29(41)52)35(58)48-27(39(62)63)12-21-7-9-23(51)10-8-21)49-36(59)28-6-5-11-50(28)38(61)20(3)45-34(57)26(15-31(54)55)47-33(56)24(40)13-22-16-42-18-44-22/h7-10,16,18-20,24-28,32,51H,4-6,11-15,17,40H2,1-3H3,(H2,41,52)(H,42,44)(H,43,60)(H,45,57)(H,46,53)(H,47,56)(H,48,58)(H,49,59)(H,54,55)(H,62,63)/t19-,20-,24-,25-,26-,27-,28-,32-/m0/s1. The number of aromatic hydroxyl groups is 1. The van der Waals surface area contributed by atoms with Crippen molar-refractivity contribution in [1.29, 1.82) is 0 Å². The van der Waals surface area contributed by atoms with Crippen molar-refractivity contribution in [3.8, 4) is 5.75 Å². The SMILES string of the molecule is CC[C@H](C)[C@H](NC(=O)[C@@H]1CCCN1C(=O)[C@H](C)NC(=O)[C@H](CC(=O)O)NC(=O)[C@@H](N)Cc1cnc[nH]1)C(=O)NCC(=O)N[C@@H](CC(N)=O)C(=O)N[C@@H](Cc1ccc(O)cc1)C(=O)O. The van der Waals surface area contributed by atoms with Gasteiger partial charge in [-0.2, -0.15) is 0 Å². The van der Waals surface area contributed by atoms with Gasteiger partial charge in [-0.15, -0.1) is 0 Å². The average Bonchev–Trinajstić information content (AvgIpc) is 3.94. The second-order valence-electron chi connectivity index (χ2n) is 15.1. The number of H-pyrrole nitrogens is 1. The van der Waals surface area contributed by atoms with Gasteiger partial charge in [0.05, 0.1) is 31.8 Å². The fourth-order valence-corrected chi connectivity index (χ4v) is 6.54. The number of nitrogens with zero attached hydrogens (tertiary/aromatic N) is 2. The number of carboxylic acids is 2. The molecule has 0 saturated carbocycles. The van der Waals surface area contributed by atoms with Crippen LogP contribution in [0, 0.1) is 5.92 Å². The molecule has 0 aliphatic carbocycles. The number of phenols is 1. The molecule has 0 spiro atoms. The Bertz CT molecular complexity index is 1980. The Kier molecular flexibility index (Phi) is 19.0. The first-order chi connectivity index (χ1) is 29.7. The zero-order chi connectivity index (χ0) is 47.0. The molecular weight excluding hydrogens is 830 g/mol. The topological polar surface area (TPSA) is 388 Å². The summed E-state index contributed by atoms with van der Waals surface area (Å²) in [5.74, 6) is -10.5. The summed E-state index contributed by atoms with van der Waals surface area (Å²) in [6.07, 6.45) is 2.01. The van der Waals surface area contributed by atoms with Crippen molar-refractivity contribution in [2.45, 2.75) is 108 Å². The minimum atomic E-state index is -1.63. The molecular formula is C39H55N11O13. The van der Waals surface area contributed by atoms with E-state index in [0.717, 1.165) is 0 Å². The first-order valence-corrected chi connectivity index (χ1v) is 20.0. The molecule has 3 rings (SSSR count). The highest BCUT2D eigenvalue weighted by Crippen LogP contribution is 2.20. The van der Waals surface area contributed by atoms with Gasteiger partial charge in [-0.05, 0) is 43.4 Å². The number of aromatic nitrogens is 2. The smallest absolute Gasteiger partial charge is 0.326 e. The summed E-state index contributed by atoms with van der Waals surface area (Å²) in [4.78, 5) is 136. The minimum absolute atomic E-state index is 0.0114. The van der Waals surface area contributed by atoms with E-state index >= 15 is 0 Å². The van der Waals surface area contributed by atoms with Crippen LogP contribution in [0.25, 0.3) is 0 Å². The molecule has 0 bridgehead atoms. The number of benzene rings is 1. The maximum absolute atomic E-state index is 13.7. The lowest BCUT2D eigenvalue weighted by molar-refractivity contribution is -0.143. The molecule has 63 heavy (non-hydrogen) atoms. The molecule has 2 heterocycles. The highest BCUT2D eigenvalue weighted by Gasteiger charge is 2.39. The van der Waals surface area contributed by atoms with Crippen LogP contribution < -0.4 is 43.4 Å². The lowest BCUT2D eigenvalue weighted by Gasteiger charge is -2.30. The van der Waals surface area contributed by atoms with E-state index in [2.05, 4.69) is 41.9 Å². The summed E-state index contributed by atoms with van der Waals surface area (Å²) in [6, 6.07) is -3.97. The predicted octanol–water partition coefficient (Wildman–Crippen LogP) is -3.74. The molecule has 1 aliphatic heterocycles. The second kappa shape index (κ2) is 23.8. The van der Waals surface area contributed by atoms with E-state index < -0.39 is 127 Å². The third kappa shape index (κ3) is 15.7. The third-order valence-electron chi connectivity index (χ3n) is 10.2. The molecule has 0 unspecified atom stereocenters. The first-order valence-electron chi connectivity index (χ1n) is 20.0. The van der Waals surface area contributed by atoms with Gasteiger partial charge < -0.3 is 68.6 Å². The Hall–Kier alpha value is -7.11. The maximum Gasteiger partial charge on any atom is 0.326 e. The number of rotatable bonds is 24. The number of carboxylic acid groups (broad SMARTS) is 2. The van der Waals surface area contributed by atoms with Gasteiger partial charge in [0, 0.05) is 31.3 Å². The van der Waals surface area contributed by atoms with Crippen molar-refractivity contribution in [2.24, 2.45) is 17.4 Å². The number of carbonyl (C=O) groups excluding carboxylic acids is 8. The van der Waals surface area contributed by atoms with Crippen LogP contribution in [0.1, 0.15) is 64.1 Å². The van der Waals surface area contributed by atoms with Crippen molar-refractivity contribution in [3.63, 3.8) is 0 Å². The quantitative estimate of drug-likeness (QED) is 0.0482. The molecule has 24 heteroatoms. The molecule has 1 saturated heterocycles. The van der Waals surface area contributed by atoms with Crippen LogP contribution in [0.3, 0.4) is 0 Å². The molecule has 1 fully saturated rings. The van der Waals surface area contributed by atoms with Crippen LogP contribution in [0.2, 0.25) is 0 Å². The summed E-state index contributed by atoms with van der Waals surface area (Å²) >= 11 is 0. The molecule has 0 radical (unpaired) electrons. The summed E-state index contributed by atoms with van der Waals surface area (Å²) in [5, 5.41) is 42.8. The van der Waals surface area contributed by atoms with Gasteiger partial charge in [0.25, 0.3) is 0 Å². The van der Waals surface area contributed by atoms with Gasteiger partial charge in [-0.3, -0.25) is 43.2 Å². The Labute approximate surface area is 361 Å². The summed E-state index contributed by atoms with van der Waals surface area (Å²) < 4.78 is 0. The Balaban J connectivity index is 1.61. The summed E-state index contributed by atoms with van der Waals surface area (Å²) in [6.45, 7) is 4.06. The monoisotopic (exact) mass is 885 g/mol. The minimum Gasteiger partial charge on any atom is -0.508 e. The highest BCUT2D eigenvalue weighted by molar-refractivity contribution is 5.98. The van der Waals surface area contributed by atoms with E-state index in [4.69, 9.17) is 11.5 Å². The number of primary amides is 1. The lowest BCUT2D eigenvalue weighted by atomic mass is 9.97. The van der Waals surface area contributed by atoms with E-state index in [-0.39, 0.29) is 31.6 Å². The van der Waals surface area contributed by atoms with E-state index in [1.807, 2.05) is 0 Å². The highest BCUT2D eigenvalue weighted by atomic mass is 16.4. The maximum atomic E-state index is 13.7. The number of aliphatic carboxylic acids is 2. The van der Waals surface area contributed by atoms with Crippen LogP contribution in [0.4, 0.5) is 0 Å². The second-order valence-corrected chi connectivity index (χ2v) is 15.1. The number of imidazole rings is 1. The van der Waals surface area contributed by atoms with Crippen molar-refractivity contribution < 1.29 is 63.3 Å². The number of likely N-dealkylation sites (tertiary alicyclic amines) is 1. The normalized spacial score (nSPS) is 16.7. The Morgan fingerprint density at radius 1 is 0.841 bits per heavy atom.